The van der Waals surface area contributed by atoms with Crippen LogP contribution in [0.5, 0.6) is 0 Å². The number of rotatable bonds is 6. The van der Waals surface area contributed by atoms with Gasteiger partial charge < -0.3 is 5.32 Å². The van der Waals surface area contributed by atoms with Crippen LogP contribution in [-0.2, 0) is 16.7 Å². The van der Waals surface area contributed by atoms with Crippen LogP contribution < -0.4 is 5.32 Å². The average molecular weight is 343 g/mol. The molecule has 0 radical (unpaired) electrons. The van der Waals surface area contributed by atoms with Crippen molar-refractivity contribution >= 4 is 39.6 Å². The standard InChI is InChI=1S/C14H15ClN2O2S2/c1-21(19)6-5-16-13(18)10-3-2-4-11(7-10)14-17-12(8-15)9-20-14/h2-4,7,9H,5-6,8H2,1H3,(H,16,18). The highest BCUT2D eigenvalue weighted by atomic mass is 35.5. The molecule has 0 bridgehead atoms. The van der Waals surface area contributed by atoms with Gasteiger partial charge in [0.05, 0.1) is 11.6 Å². The van der Waals surface area contributed by atoms with Gasteiger partial charge in [0.15, 0.2) is 0 Å². The molecular weight excluding hydrogens is 328 g/mol. The van der Waals surface area contributed by atoms with Gasteiger partial charge in [-0.2, -0.15) is 0 Å². The summed E-state index contributed by atoms with van der Waals surface area (Å²) in [5.74, 6) is 0.665. The lowest BCUT2D eigenvalue weighted by atomic mass is 10.1. The van der Waals surface area contributed by atoms with E-state index in [0.29, 0.717) is 23.7 Å². The van der Waals surface area contributed by atoms with Gasteiger partial charge in [0.2, 0.25) is 0 Å². The summed E-state index contributed by atoms with van der Waals surface area (Å²) in [5.41, 5.74) is 2.29. The molecule has 2 rings (SSSR count). The second-order valence-electron chi connectivity index (χ2n) is 4.39. The molecule has 1 aromatic carbocycles. The molecular formula is C14H15ClN2O2S2. The molecule has 0 aliphatic rings. The van der Waals surface area contributed by atoms with E-state index >= 15 is 0 Å². The number of hydrogen-bond acceptors (Lipinski definition) is 4. The van der Waals surface area contributed by atoms with E-state index in [4.69, 9.17) is 11.6 Å². The quantitative estimate of drug-likeness (QED) is 0.821. The van der Waals surface area contributed by atoms with E-state index in [1.807, 2.05) is 17.5 Å². The van der Waals surface area contributed by atoms with Gasteiger partial charge in [-0.25, -0.2) is 4.98 Å². The molecule has 0 fully saturated rings. The minimum Gasteiger partial charge on any atom is -0.351 e. The summed E-state index contributed by atoms with van der Waals surface area (Å²) in [5, 5.41) is 5.51. The third-order valence-electron chi connectivity index (χ3n) is 2.74. The van der Waals surface area contributed by atoms with Crippen LogP contribution in [0.15, 0.2) is 29.6 Å². The molecule has 1 aromatic heterocycles. The molecule has 0 aliphatic heterocycles. The van der Waals surface area contributed by atoms with E-state index < -0.39 is 10.8 Å². The maximum absolute atomic E-state index is 12.0. The number of benzene rings is 1. The van der Waals surface area contributed by atoms with Gasteiger partial charge in [0, 0.05) is 45.9 Å². The zero-order valence-corrected chi connectivity index (χ0v) is 13.9. The van der Waals surface area contributed by atoms with Gasteiger partial charge in [0.25, 0.3) is 5.91 Å². The van der Waals surface area contributed by atoms with Crippen LogP contribution in [-0.4, -0.2) is 33.7 Å². The first-order chi connectivity index (χ1) is 10.1. The van der Waals surface area contributed by atoms with Crippen LogP contribution in [0.2, 0.25) is 0 Å². The molecule has 1 amide bonds. The first-order valence-corrected chi connectivity index (χ1v) is 9.43. The highest BCUT2D eigenvalue weighted by Crippen LogP contribution is 2.25. The van der Waals surface area contributed by atoms with Crippen LogP contribution in [0.4, 0.5) is 0 Å². The van der Waals surface area contributed by atoms with Gasteiger partial charge in [-0.1, -0.05) is 12.1 Å². The first-order valence-electron chi connectivity index (χ1n) is 6.29. The van der Waals surface area contributed by atoms with E-state index in [-0.39, 0.29) is 5.91 Å². The number of aromatic nitrogens is 1. The van der Waals surface area contributed by atoms with Crippen LogP contribution >= 0.6 is 22.9 Å². The van der Waals surface area contributed by atoms with Crippen LogP contribution in [0, 0.1) is 0 Å². The maximum atomic E-state index is 12.0. The Morgan fingerprint density at radius 1 is 1.48 bits per heavy atom. The Bertz CT molecular complexity index is 658. The van der Waals surface area contributed by atoms with Gasteiger partial charge in [0.1, 0.15) is 5.01 Å². The minimum absolute atomic E-state index is 0.170. The van der Waals surface area contributed by atoms with Crippen molar-refractivity contribution < 1.29 is 9.00 Å². The number of hydrogen-bond donors (Lipinski definition) is 1. The Morgan fingerprint density at radius 2 is 2.29 bits per heavy atom. The number of nitrogens with zero attached hydrogens (tertiary/aromatic N) is 1. The summed E-state index contributed by atoms with van der Waals surface area (Å²) in [7, 11) is -0.906. The summed E-state index contributed by atoms with van der Waals surface area (Å²) < 4.78 is 11.0. The van der Waals surface area contributed by atoms with Crippen LogP contribution in [0.25, 0.3) is 10.6 Å². The zero-order valence-electron chi connectivity index (χ0n) is 11.5. The molecule has 1 atom stereocenters. The molecule has 1 N–H and O–H groups in total. The fraction of sp³-hybridized carbons (Fsp3) is 0.286. The number of thiazole rings is 1. The van der Waals surface area contributed by atoms with E-state index in [1.54, 1.807) is 18.4 Å². The Balaban J connectivity index is 2.10. The molecule has 1 unspecified atom stereocenters. The molecule has 0 saturated carbocycles. The van der Waals surface area contributed by atoms with E-state index in [2.05, 4.69) is 10.3 Å². The fourth-order valence-electron chi connectivity index (χ4n) is 1.70. The lowest BCUT2D eigenvalue weighted by Gasteiger charge is -2.05. The molecule has 0 saturated heterocycles. The minimum atomic E-state index is -0.906. The third-order valence-corrected chi connectivity index (χ3v) is 4.73. The van der Waals surface area contributed by atoms with E-state index in [1.165, 1.54) is 11.3 Å². The topological polar surface area (TPSA) is 59.1 Å². The summed E-state index contributed by atoms with van der Waals surface area (Å²) >= 11 is 7.25. The molecule has 21 heavy (non-hydrogen) atoms. The summed E-state index contributed by atoms with van der Waals surface area (Å²) in [6.07, 6.45) is 1.61. The van der Waals surface area contributed by atoms with Crippen LogP contribution in [0.3, 0.4) is 0 Å². The lowest BCUT2D eigenvalue weighted by molar-refractivity contribution is 0.0956. The molecule has 7 heteroatoms. The fourth-order valence-corrected chi connectivity index (χ4v) is 3.14. The van der Waals surface area contributed by atoms with Crippen LogP contribution in [0.1, 0.15) is 16.1 Å². The number of nitrogens with one attached hydrogen (secondary N) is 1. The molecule has 112 valence electrons. The Hall–Kier alpha value is -1.24. The van der Waals surface area contributed by atoms with E-state index in [0.717, 1.165) is 16.3 Å². The van der Waals surface area contributed by atoms with Crippen molar-refractivity contribution in [2.75, 3.05) is 18.6 Å². The summed E-state index contributed by atoms with van der Waals surface area (Å²) in [6.45, 7) is 0.403. The third kappa shape index (κ3) is 4.62. The van der Waals surface area contributed by atoms with Crippen molar-refractivity contribution in [3.05, 3.63) is 40.9 Å². The summed E-state index contributed by atoms with van der Waals surface area (Å²) in [6, 6.07) is 7.28. The number of halogens is 1. The van der Waals surface area contributed by atoms with Crippen molar-refractivity contribution in [1.82, 2.24) is 10.3 Å². The smallest absolute Gasteiger partial charge is 0.251 e. The molecule has 4 nitrogen and oxygen atoms in total. The second-order valence-corrected chi connectivity index (χ2v) is 7.07. The molecule has 2 aromatic rings. The van der Waals surface area contributed by atoms with Gasteiger partial charge in [-0.3, -0.25) is 9.00 Å². The predicted molar refractivity (Wildman–Crippen MR) is 88.4 cm³/mol. The van der Waals surface area contributed by atoms with Crippen molar-refractivity contribution in [3.8, 4) is 10.6 Å². The number of alkyl halides is 1. The number of amides is 1. The largest absolute Gasteiger partial charge is 0.351 e. The normalized spacial score (nSPS) is 12.1. The highest BCUT2D eigenvalue weighted by molar-refractivity contribution is 7.84. The monoisotopic (exact) mass is 342 g/mol. The number of carbonyl (C=O) groups is 1. The number of carbonyl (C=O) groups excluding carboxylic acids is 1. The van der Waals surface area contributed by atoms with Gasteiger partial charge in [-0.15, -0.1) is 22.9 Å². The molecule has 0 aliphatic carbocycles. The Morgan fingerprint density at radius 3 is 2.95 bits per heavy atom. The van der Waals surface area contributed by atoms with Crippen molar-refractivity contribution in [2.45, 2.75) is 5.88 Å². The molecule has 1 heterocycles. The Labute approximate surface area is 135 Å². The summed E-state index contributed by atoms with van der Waals surface area (Å²) in [4.78, 5) is 16.4. The zero-order chi connectivity index (χ0) is 15.2. The average Bonchev–Trinajstić information content (AvgIpc) is 2.96. The first kappa shape index (κ1) is 16.1. The molecule has 0 spiro atoms. The second kappa shape index (κ2) is 7.68. The highest BCUT2D eigenvalue weighted by Gasteiger charge is 2.09. The predicted octanol–water partition coefficient (Wildman–Crippen LogP) is 2.66. The van der Waals surface area contributed by atoms with Gasteiger partial charge in [-0.05, 0) is 12.1 Å². The SMILES string of the molecule is CS(=O)CCNC(=O)c1cccc(-c2nc(CCl)cs2)c1. The Kier molecular flexibility index (Phi) is 5.90. The van der Waals surface area contributed by atoms with Crippen molar-refractivity contribution in [1.29, 1.82) is 0 Å². The lowest BCUT2D eigenvalue weighted by Crippen LogP contribution is -2.27. The maximum Gasteiger partial charge on any atom is 0.251 e. The van der Waals surface area contributed by atoms with E-state index in [9.17, 15) is 9.00 Å². The van der Waals surface area contributed by atoms with Gasteiger partial charge >= 0.3 is 0 Å². The van der Waals surface area contributed by atoms with Crippen molar-refractivity contribution in [2.24, 2.45) is 0 Å². The van der Waals surface area contributed by atoms with Crippen molar-refractivity contribution in [3.63, 3.8) is 0 Å².